The molecule has 364 valence electrons. The monoisotopic (exact) mass is 963 g/mol. The van der Waals surface area contributed by atoms with Crippen LogP contribution < -0.4 is 9.80 Å². The molecule has 0 saturated heterocycles. The molecule has 5 heteroatoms. The lowest BCUT2D eigenvalue weighted by Crippen LogP contribution is -2.30. The first-order valence-electron chi connectivity index (χ1n) is 26.1. The fraction of sp³-hybridized carbons (Fsp3) is 0.343. The van der Waals surface area contributed by atoms with Crippen LogP contribution >= 0.6 is 11.3 Å². The van der Waals surface area contributed by atoms with Gasteiger partial charge in [-0.25, -0.2) is 9.97 Å². The van der Waals surface area contributed by atoms with Crippen LogP contribution in [0, 0.1) is 16.2 Å². The van der Waals surface area contributed by atoms with Gasteiger partial charge in [0.05, 0.1) is 21.1 Å². The van der Waals surface area contributed by atoms with Crippen molar-refractivity contribution in [3.8, 4) is 20.9 Å². The molecule has 4 aliphatic rings. The van der Waals surface area contributed by atoms with Crippen LogP contribution in [-0.2, 0) is 27.1 Å². The summed E-state index contributed by atoms with van der Waals surface area (Å²) in [5, 5.41) is 0. The van der Waals surface area contributed by atoms with Gasteiger partial charge in [-0.05, 0) is 139 Å². The summed E-state index contributed by atoms with van der Waals surface area (Å²) in [4.78, 5) is 18.6. The van der Waals surface area contributed by atoms with E-state index >= 15 is 0 Å². The molecule has 4 nitrogen and oxygen atoms in total. The maximum atomic E-state index is 5.75. The third kappa shape index (κ3) is 6.16. The Morgan fingerprint density at radius 2 is 0.736 bits per heavy atom. The Kier molecular flexibility index (Phi) is 9.68. The smallest absolute Gasteiger partial charge is 0.108 e. The van der Waals surface area contributed by atoms with Crippen molar-refractivity contribution in [1.29, 1.82) is 0 Å². The molecule has 0 radical (unpaired) electrons. The summed E-state index contributed by atoms with van der Waals surface area (Å²) in [6, 6.07) is 54.7. The van der Waals surface area contributed by atoms with Crippen molar-refractivity contribution in [2.75, 3.05) is 9.80 Å². The first-order valence-corrected chi connectivity index (χ1v) is 27.0. The summed E-state index contributed by atoms with van der Waals surface area (Å²) < 4.78 is 0. The van der Waals surface area contributed by atoms with Gasteiger partial charge in [-0.15, -0.1) is 17.9 Å². The quantitative estimate of drug-likeness (QED) is 0.135. The normalized spacial score (nSPS) is 23.6. The molecule has 5 atom stereocenters. The maximum absolute atomic E-state index is 5.75. The van der Waals surface area contributed by atoms with Crippen molar-refractivity contribution in [1.82, 2.24) is 9.97 Å². The molecular weight excluding hydrogens is 893 g/mol. The molecule has 3 saturated carbocycles. The van der Waals surface area contributed by atoms with Crippen molar-refractivity contribution < 1.29 is 0 Å². The van der Waals surface area contributed by atoms with Crippen LogP contribution in [0.25, 0.3) is 31.9 Å². The molecule has 6 aromatic carbocycles. The van der Waals surface area contributed by atoms with Crippen LogP contribution in [0.4, 0.5) is 34.1 Å². The molecule has 2 heterocycles. The Morgan fingerprint density at radius 1 is 0.444 bits per heavy atom. The number of allylic oxidation sites excluding steroid dienone is 1. The third-order valence-electron chi connectivity index (χ3n) is 18.1. The second-order valence-corrected chi connectivity index (χ2v) is 27.0. The zero-order chi connectivity index (χ0) is 50.9. The maximum Gasteiger partial charge on any atom is 0.108 e. The van der Waals surface area contributed by atoms with E-state index in [4.69, 9.17) is 9.97 Å². The Bertz CT molecular complexity index is 3350. The average Bonchev–Trinajstić information content (AvgIpc) is 4.09. The molecule has 1 spiro atoms. The van der Waals surface area contributed by atoms with Gasteiger partial charge in [0, 0.05) is 50.9 Å². The molecule has 12 rings (SSSR count). The van der Waals surface area contributed by atoms with Crippen LogP contribution in [0.5, 0.6) is 0 Å². The number of rotatable bonds is 9. The van der Waals surface area contributed by atoms with Gasteiger partial charge < -0.3 is 9.80 Å². The highest BCUT2D eigenvalue weighted by molar-refractivity contribution is 7.20. The van der Waals surface area contributed by atoms with E-state index in [-0.39, 0.29) is 37.9 Å². The van der Waals surface area contributed by atoms with E-state index in [0.717, 1.165) is 66.0 Å². The SMILES string of the molecule is C=CC12c3nc4c(-c5ccc(N(c6ccc(C(C)(C)C)cc6)c6ccc(C(C)(C)C)cc6)cc5)sc(-c5ccc(N(c6ccc(C(C)(C)C)cc6)c6ccc(C(C)(C)C)cc6)cc5)c4nc3C3[C@@]14C2(C)[C@@]34C. The minimum Gasteiger partial charge on any atom is -0.311 e. The number of hydrogen-bond donors (Lipinski definition) is 0. The van der Waals surface area contributed by atoms with Crippen LogP contribution in [-0.4, -0.2) is 9.97 Å². The van der Waals surface area contributed by atoms with Crippen molar-refractivity contribution >= 4 is 56.5 Å². The van der Waals surface area contributed by atoms with Crippen LogP contribution in [0.3, 0.4) is 0 Å². The average molecular weight is 963 g/mol. The van der Waals surface area contributed by atoms with Gasteiger partial charge in [0.2, 0.25) is 0 Å². The standard InChI is InChI=1S/C67H70N4S/c1-16-66-59-55(58-64(14)65(66,15)67(58,64)66)68-53-54(69-59)57(42-19-31-48(32-20-42)71(51-37-25-45(26-38-51)62(8,9)10)52-39-27-46(28-40-52)63(11,12)13)72-56(53)41-17-29-47(30-18-41)70(49-33-21-43(22-34-49)60(2,3)4)50-35-23-44(24-36-50)61(5,6)7/h16-40,58H,1H2,2-15H3/t58?,64-,65?,66?,67-/m1/s1. The summed E-state index contributed by atoms with van der Waals surface area (Å²) in [6.45, 7) is 36.7. The summed E-state index contributed by atoms with van der Waals surface area (Å²) >= 11 is 1.82. The topological polar surface area (TPSA) is 32.3 Å². The summed E-state index contributed by atoms with van der Waals surface area (Å²) in [5.41, 5.74) is 19.7. The Labute approximate surface area is 432 Å². The van der Waals surface area contributed by atoms with Crippen molar-refractivity contribution in [3.05, 3.63) is 192 Å². The molecule has 0 aliphatic heterocycles. The Hall–Kier alpha value is -6.30. The molecule has 3 unspecified atom stereocenters. The highest BCUT2D eigenvalue weighted by Gasteiger charge is 3.25. The molecule has 2 aromatic heterocycles. The number of aromatic nitrogens is 2. The first kappa shape index (κ1) is 46.8. The number of fused-ring (bicyclic) bond motifs is 7. The van der Waals surface area contributed by atoms with E-state index in [1.807, 2.05) is 11.3 Å². The Balaban J connectivity index is 0.962. The number of anilines is 6. The van der Waals surface area contributed by atoms with Crippen molar-refractivity contribution in [2.24, 2.45) is 16.2 Å². The zero-order valence-electron chi connectivity index (χ0n) is 44.9. The van der Waals surface area contributed by atoms with Gasteiger partial charge in [0.25, 0.3) is 0 Å². The lowest BCUT2D eigenvalue weighted by molar-refractivity contribution is 0.328. The molecule has 0 N–H and O–H groups in total. The lowest BCUT2D eigenvalue weighted by atomic mass is 9.73. The lowest BCUT2D eigenvalue weighted by Gasteiger charge is -2.31. The van der Waals surface area contributed by atoms with Gasteiger partial charge in [-0.3, -0.25) is 0 Å². The first-order chi connectivity index (χ1) is 33.9. The third-order valence-corrected chi connectivity index (χ3v) is 19.4. The molecule has 72 heavy (non-hydrogen) atoms. The van der Waals surface area contributed by atoms with Gasteiger partial charge in [-0.2, -0.15) is 0 Å². The van der Waals surface area contributed by atoms with E-state index in [9.17, 15) is 0 Å². The zero-order valence-corrected chi connectivity index (χ0v) is 45.7. The number of benzene rings is 6. The largest absolute Gasteiger partial charge is 0.311 e. The van der Waals surface area contributed by atoms with Crippen LogP contribution in [0.1, 0.15) is 136 Å². The minimum absolute atomic E-state index is 0.0632. The predicted octanol–water partition coefficient (Wildman–Crippen LogP) is 18.7. The molecule has 0 bridgehead atoms. The van der Waals surface area contributed by atoms with Crippen molar-refractivity contribution in [2.45, 2.75) is 130 Å². The number of hydrogen-bond acceptors (Lipinski definition) is 5. The minimum atomic E-state index is -0.0774. The van der Waals surface area contributed by atoms with E-state index in [1.165, 1.54) is 33.6 Å². The molecule has 8 aromatic rings. The summed E-state index contributed by atoms with van der Waals surface area (Å²) in [6.07, 6.45) is 2.23. The number of nitrogens with zero attached hydrogens (tertiary/aromatic N) is 4. The van der Waals surface area contributed by atoms with Crippen LogP contribution in [0.15, 0.2) is 158 Å². The van der Waals surface area contributed by atoms with Gasteiger partial charge in [-0.1, -0.05) is 176 Å². The van der Waals surface area contributed by atoms with E-state index in [2.05, 4.69) is 265 Å². The highest BCUT2D eigenvalue weighted by Crippen LogP contribution is 3.26. The second kappa shape index (κ2) is 14.9. The van der Waals surface area contributed by atoms with Crippen molar-refractivity contribution in [3.63, 3.8) is 0 Å². The fourth-order valence-corrected chi connectivity index (χ4v) is 15.1. The fourth-order valence-electron chi connectivity index (χ4n) is 13.9. The molecule has 4 aliphatic carbocycles. The van der Waals surface area contributed by atoms with Crippen LogP contribution in [0.2, 0.25) is 0 Å². The summed E-state index contributed by atoms with van der Waals surface area (Å²) in [7, 11) is 0. The van der Waals surface area contributed by atoms with Gasteiger partial charge in [0.15, 0.2) is 0 Å². The van der Waals surface area contributed by atoms with E-state index < -0.39 is 0 Å². The molecule has 3 fully saturated rings. The Morgan fingerprint density at radius 3 is 1.03 bits per heavy atom. The van der Waals surface area contributed by atoms with E-state index in [1.54, 1.807) is 0 Å². The second-order valence-electron chi connectivity index (χ2n) is 25.9. The number of thiophene rings is 1. The van der Waals surface area contributed by atoms with Gasteiger partial charge in [0.1, 0.15) is 11.0 Å². The molecular formula is C67H70N4S. The predicted molar refractivity (Wildman–Crippen MR) is 306 cm³/mol. The summed E-state index contributed by atoms with van der Waals surface area (Å²) in [5.74, 6) is 0.460. The molecule has 0 amide bonds. The van der Waals surface area contributed by atoms with E-state index in [0.29, 0.717) is 11.3 Å². The highest BCUT2D eigenvalue weighted by atomic mass is 32.1. The van der Waals surface area contributed by atoms with Gasteiger partial charge >= 0.3 is 0 Å².